The highest BCUT2D eigenvalue weighted by Crippen LogP contribution is 2.42. The predicted molar refractivity (Wildman–Crippen MR) is 56.7 cm³/mol. The second kappa shape index (κ2) is 3.61. The first kappa shape index (κ1) is 11.0. The van der Waals surface area contributed by atoms with Crippen LogP contribution in [0.25, 0.3) is 0 Å². The average molecular weight is 184 g/mol. The van der Waals surface area contributed by atoms with Crippen molar-refractivity contribution < 1.29 is 5.11 Å². The van der Waals surface area contributed by atoms with Gasteiger partial charge in [0.2, 0.25) is 0 Å². The standard InChI is InChI=1S/C12H24O/c1-5-12(13)8-6-10(7-9-12)11(2,3)4/h10,13H,5-9H2,1-4H3. The van der Waals surface area contributed by atoms with E-state index in [1.165, 1.54) is 12.8 Å². The molecule has 1 saturated carbocycles. The van der Waals surface area contributed by atoms with Gasteiger partial charge in [0.05, 0.1) is 5.60 Å². The summed E-state index contributed by atoms with van der Waals surface area (Å²) in [6, 6.07) is 0. The molecule has 1 fully saturated rings. The summed E-state index contributed by atoms with van der Waals surface area (Å²) >= 11 is 0. The maximum atomic E-state index is 10.1. The highest BCUT2D eigenvalue weighted by Gasteiger charge is 2.35. The molecule has 13 heavy (non-hydrogen) atoms. The van der Waals surface area contributed by atoms with Gasteiger partial charge in [0.15, 0.2) is 0 Å². The molecule has 1 heteroatoms. The van der Waals surface area contributed by atoms with Crippen LogP contribution in [0.1, 0.15) is 59.8 Å². The topological polar surface area (TPSA) is 20.2 Å². The van der Waals surface area contributed by atoms with Gasteiger partial charge < -0.3 is 5.11 Å². The molecule has 0 aromatic heterocycles. The molecule has 0 radical (unpaired) electrons. The summed E-state index contributed by atoms with van der Waals surface area (Å²) in [5, 5.41) is 10.1. The molecule has 0 heterocycles. The van der Waals surface area contributed by atoms with Gasteiger partial charge in [0.25, 0.3) is 0 Å². The fourth-order valence-electron chi connectivity index (χ4n) is 2.37. The monoisotopic (exact) mass is 184 g/mol. The lowest BCUT2D eigenvalue weighted by Crippen LogP contribution is -2.36. The van der Waals surface area contributed by atoms with E-state index in [2.05, 4.69) is 27.7 Å². The van der Waals surface area contributed by atoms with Crippen molar-refractivity contribution in [3.8, 4) is 0 Å². The number of rotatable bonds is 1. The minimum Gasteiger partial charge on any atom is -0.390 e. The van der Waals surface area contributed by atoms with Crippen molar-refractivity contribution >= 4 is 0 Å². The minimum atomic E-state index is -0.332. The lowest BCUT2D eigenvalue weighted by molar-refractivity contribution is -0.0276. The zero-order chi connectivity index (χ0) is 10.1. The van der Waals surface area contributed by atoms with Crippen LogP contribution in [0.5, 0.6) is 0 Å². The van der Waals surface area contributed by atoms with E-state index >= 15 is 0 Å². The summed E-state index contributed by atoms with van der Waals surface area (Å²) in [5.74, 6) is 0.805. The van der Waals surface area contributed by atoms with Gasteiger partial charge in [0.1, 0.15) is 0 Å². The Morgan fingerprint density at radius 2 is 1.69 bits per heavy atom. The summed E-state index contributed by atoms with van der Waals surface area (Å²) in [5.41, 5.74) is 0.0941. The van der Waals surface area contributed by atoms with Gasteiger partial charge in [-0.3, -0.25) is 0 Å². The van der Waals surface area contributed by atoms with E-state index in [-0.39, 0.29) is 5.60 Å². The molecule has 0 bridgehead atoms. The van der Waals surface area contributed by atoms with Gasteiger partial charge in [-0.15, -0.1) is 0 Å². The van der Waals surface area contributed by atoms with Gasteiger partial charge >= 0.3 is 0 Å². The first-order valence-electron chi connectivity index (χ1n) is 5.60. The van der Waals surface area contributed by atoms with Crippen molar-refractivity contribution in [3.63, 3.8) is 0 Å². The Balaban J connectivity index is 2.48. The van der Waals surface area contributed by atoms with Crippen molar-refractivity contribution in [1.29, 1.82) is 0 Å². The number of aliphatic hydroxyl groups is 1. The maximum Gasteiger partial charge on any atom is 0.0645 e. The first-order valence-corrected chi connectivity index (χ1v) is 5.60. The summed E-state index contributed by atoms with van der Waals surface area (Å²) in [6.45, 7) is 9.04. The molecule has 78 valence electrons. The van der Waals surface area contributed by atoms with Crippen LogP contribution in [0.15, 0.2) is 0 Å². The molecule has 0 spiro atoms. The summed E-state index contributed by atoms with van der Waals surface area (Å²) in [7, 11) is 0. The zero-order valence-corrected chi connectivity index (χ0v) is 9.56. The van der Waals surface area contributed by atoms with Gasteiger partial charge in [-0.2, -0.15) is 0 Å². The lowest BCUT2D eigenvalue weighted by atomic mass is 9.68. The average Bonchev–Trinajstić information content (AvgIpc) is 2.04. The number of hydrogen-bond donors (Lipinski definition) is 1. The molecule has 1 N–H and O–H groups in total. The van der Waals surface area contributed by atoms with E-state index in [4.69, 9.17) is 0 Å². The minimum absolute atomic E-state index is 0.332. The van der Waals surface area contributed by atoms with Crippen molar-refractivity contribution in [1.82, 2.24) is 0 Å². The molecule has 1 aliphatic rings. The van der Waals surface area contributed by atoms with E-state index < -0.39 is 0 Å². The fourth-order valence-corrected chi connectivity index (χ4v) is 2.37. The van der Waals surface area contributed by atoms with Crippen LogP contribution in [0, 0.1) is 11.3 Å². The van der Waals surface area contributed by atoms with E-state index in [1.54, 1.807) is 0 Å². The molecule has 0 aliphatic heterocycles. The quantitative estimate of drug-likeness (QED) is 0.662. The normalized spacial score (nSPS) is 36.2. The third-order valence-corrected chi connectivity index (χ3v) is 3.80. The molecular weight excluding hydrogens is 160 g/mol. The Bertz CT molecular complexity index is 158. The summed E-state index contributed by atoms with van der Waals surface area (Å²) in [4.78, 5) is 0. The molecule has 1 nitrogen and oxygen atoms in total. The summed E-state index contributed by atoms with van der Waals surface area (Å²) < 4.78 is 0. The van der Waals surface area contributed by atoms with Gasteiger partial charge in [0, 0.05) is 0 Å². The van der Waals surface area contributed by atoms with Crippen LogP contribution in [0.4, 0.5) is 0 Å². The Kier molecular flexibility index (Phi) is 3.06. The molecule has 0 unspecified atom stereocenters. The van der Waals surface area contributed by atoms with Crippen LogP contribution in [-0.2, 0) is 0 Å². The molecule has 0 aromatic rings. The van der Waals surface area contributed by atoms with Crippen LogP contribution in [0.2, 0.25) is 0 Å². The van der Waals surface area contributed by atoms with Crippen LogP contribution >= 0.6 is 0 Å². The predicted octanol–water partition coefficient (Wildman–Crippen LogP) is 3.36. The molecule has 1 aliphatic carbocycles. The smallest absolute Gasteiger partial charge is 0.0645 e. The fraction of sp³-hybridized carbons (Fsp3) is 1.00. The van der Waals surface area contributed by atoms with Gasteiger partial charge in [-0.1, -0.05) is 27.7 Å². The van der Waals surface area contributed by atoms with E-state index in [9.17, 15) is 5.11 Å². The van der Waals surface area contributed by atoms with Gasteiger partial charge in [-0.25, -0.2) is 0 Å². The SMILES string of the molecule is CCC1(O)CCC(C(C)(C)C)CC1. The van der Waals surface area contributed by atoms with E-state index in [0.29, 0.717) is 5.41 Å². The molecule has 1 rings (SSSR count). The molecule has 0 amide bonds. The highest BCUT2D eigenvalue weighted by atomic mass is 16.3. The zero-order valence-electron chi connectivity index (χ0n) is 9.56. The molecule has 0 atom stereocenters. The van der Waals surface area contributed by atoms with E-state index in [1.807, 2.05) is 0 Å². The van der Waals surface area contributed by atoms with Crippen molar-refractivity contribution in [2.75, 3.05) is 0 Å². The van der Waals surface area contributed by atoms with Gasteiger partial charge in [-0.05, 0) is 43.4 Å². The van der Waals surface area contributed by atoms with Crippen molar-refractivity contribution in [3.05, 3.63) is 0 Å². The third-order valence-electron chi connectivity index (χ3n) is 3.80. The van der Waals surface area contributed by atoms with Crippen molar-refractivity contribution in [2.24, 2.45) is 11.3 Å². The lowest BCUT2D eigenvalue weighted by Gasteiger charge is -2.40. The Morgan fingerprint density at radius 3 is 2.00 bits per heavy atom. The molecule has 0 aromatic carbocycles. The Morgan fingerprint density at radius 1 is 1.23 bits per heavy atom. The van der Waals surface area contributed by atoms with Crippen molar-refractivity contribution in [2.45, 2.75) is 65.4 Å². The molecule has 0 saturated heterocycles. The van der Waals surface area contributed by atoms with Crippen LogP contribution < -0.4 is 0 Å². The Labute approximate surface area is 82.5 Å². The second-order valence-electron chi connectivity index (χ2n) is 5.72. The Hall–Kier alpha value is -0.0400. The number of hydrogen-bond acceptors (Lipinski definition) is 1. The first-order chi connectivity index (χ1) is 5.87. The van der Waals surface area contributed by atoms with E-state index in [0.717, 1.165) is 25.2 Å². The summed E-state index contributed by atoms with van der Waals surface area (Å²) in [6.07, 6.45) is 5.34. The van der Waals surface area contributed by atoms with Crippen LogP contribution in [-0.4, -0.2) is 10.7 Å². The largest absolute Gasteiger partial charge is 0.390 e. The third kappa shape index (κ3) is 2.70. The second-order valence-corrected chi connectivity index (χ2v) is 5.72. The maximum absolute atomic E-state index is 10.1. The molecular formula is C12H24O. The highest BCUT2D eigenvalue weighted by molar-refractivity contribution is 4.88. The van der Waals surface area contributed by atoms with Crippen LogP contribution in [0.3, 0.4) is 0 Å².